The fraction of sp³-hybridized carbons (Fsp3) is 0.0952. The second kappa shape index (κ2) is 9.27. The van der Waals surface area contributed by atoms with E-state index in [0.717, 1.165) is 33.0 Å². The number of nitrogens with one attached hydrogen (secondary N) is 1. The molecule has 156 valence electrons. The van der Waals surface area contributed by atoms with E-state index in [9.17, 15) is 17.6 Å². The molecule has 1 amide bonds. The van der Waals surface area contributed by atoms with Gasteiger partial charge < -0.3 is 10.1 Å². The molecular weight excluding hydrogens is 475 g/mol. The third kappa shape index (κ3) is 4.98. The van der Waals surface area contributed by atoms with Gasteiger partial charge in [-0.25, -0.2) is 12.8 Å². The first-order valence-electron chi connectivity index (χ1n) is 8.78. The zero-order chi connectivity index (χ0) is 21.7. The number of benzene rings is 3. The van der Waals surface area contributed by atoms with Gasteiger partial charge in [0.1, 0.15) is 18.1 Å². The number of carbonyl (C=O) groups excluding carboxylic acids is 1. The van der Waals surface area contributed by atoms with E-state index >= 15 is 0 Å². The number of amides is 1. The van der Waals surface area contributed by atoms with Crippen molar-refractivity contribution < 1.29 is 22.3 Å². The van der Waals surface area contributed by atoms with Crippen molar-refractivity contribution in [3.05, 3.63) is 83.1 Å². The Balaban J connectivity index is 1.98. The number of halogens is 2. The largest absolute Gasteiger partial charge is 0.495 e. The van der Waals surface area contributed by atoms with Crippen molar-refractivity contribution in [2.24, 2.45) is 0 Å². The quantitative estimate of drug-likeness (QED) is 0.529. The molecule has 0 aliphatic rings. The van der Waals surface area contributed by atoms with Gasteiger partial charge in [0.15, 0.2) is 0 Å². The zero-order valence-corrected chi connectivity index (χ0v) is 18.3. The lowest BCUT2D eigenvalue weighted by atomic mass is 10.3. The second-order valence-electron chi connectivity index (χ2n) is 6.19. The summed E-state index contributed by atoms with van der Waals surface area (Å²) < 4.78 is 47.0. The highest BCUT2D eigenvalue weighted by Gasteiger charge is 2.29. The van der Waals surface area contributed by atoms with Gasteiger partial charge in [-0.1, -0.05) is 28.1 Å². The number of hydrogen-bond acceptors (Lipinski definition) is 4. The molecule has 3 aromatic carbocycles. The van der Waals surface area contributed by atoms with Crippen molar-refractivity contribution >= 4 is 43.2 Å². The lowest BCUT2D eigenvalue weighted by Gasteiger charge is -2.25. The van der Waals surface area contributed by atoms with Gasteiger partial charge in [-0.15, -0.1) is 0 Å². The minimum Gasteiger partial charge on any atom is -0.495 e. The van der Waals surface area contributed by atoms with E-state index in [1.165, 1.54) is 13.2 Å². The van der Waals surface area contributed by atoms with Crippen LogP contribution in [-0.4, -0.2) is 28.0 Å². The van der Waals surface area contributed by atoms with Crippen LogP contribution in [0.25, 0.3) is 0 Å². The van der Waals surface area contributed by atoms with E-state index in [1.54, 1.807) is 42.5 Å². The first-order valence-corrected chi connectivity index (χ1v) is 11.0. The van der Waals surface area contributed by atoms with Gasteiger partial charge in [0.05, 0.1) is 17.7 Å². The van der Waals surface area contributed by atoms with E-state index in [-0.39, 0.29) is 16.3 Å². The van der Waals surface area contributed by atoms with Crippen LogP contribution in [0.1, 0.15) is 0 Å². The topological polar surface area (TPSA) is 75.7 Å². The number of para-hydroxylation sites is 2. The highest BCUT2D eigenvalue weighted by atomic mass is 79.9. The van der Waals surface area contributed by atoms with Crippen LogP contribution in [0.5, 0.6) is 5.75 Å². The van der Waals surface area contributed by atoms with Crippen molar-refractivity contribution in [2.45, 2.75) is 4.90 Å². The average molecular weight is 493 g/mol. The molecule has 3 aromatic rings. The van der Waals surface area contributed by atoms with Gasteiger partial charge in [0.2, 0.25) is 5.91 Å². The maximum atomic E-state index is 13.3. The van der Waals surface area contributed by atoms with Crippen LogP contribution in [-0.2, 0) is 14.8 Å². The summed E-state index contributed by atoms with van der Waals surface area (Å²) in [5, 5.41) is 2.67. The van der Waals surface area contributed by atoms with Gasteiger partial charge >= 0.3 is 0 Å². The van der Waals surface area contributed by atoms with Gasteiger partial charge in [0, 0.05) is 10.2 Å². The van der Waals surface area contributed by atoms with E-state index in [4.69, 9.17) is 4.74 Å². The summed E-state index contributed by atoms with van der Waals surface area (Å²) in [6.07, 6.45) is 0. The minimum absolute atomic E-state index is 0.147. The van der Waals surface area contributed by atoms with Gasteiger partial charge in [-0.3, -0.25) is 9.10 Å². The lowest BCUT2D eigenvalue weighted by molar-refractivity contribution is -0.114. The SMILES string of the molecule is COc1ccccc1N(CC(=O)Nc1ccc(Br)cc1)S(=O)(=O)c1ccc(F)cc1. The van der Waals surface area contributed by atoms with E-state index in [0.29, 0.717) is 5.69 Å². The van der Waals surface area contributed by atoms with Crippen LogP contribution in [0.15, 0.2) is 82.2 Å². The van der Waals surface area contributed by atoms with Crippen molar-refractivity contribution in [2.75, 3.05) is 23.3 Å². The Hall–Kier alpha value is -2.91. The number of hydrogen-bond donors (Lipinski definition) is 1. The van der Waals surface area contributed by atoms with Gasteiger partial charge in [0.25, 0.3) is 10.0 Å². The second-order valence-corrected chi connectivity index (χ2v) is 8.97. The molecule has 9 heteroatoms. The number of methoxy groups -OCH3 is 1. The molecule has 0 aliphatic heterocycles. The minimum atomic E-state index is -4.18. The van der Waals surface area contributed by atoms with Crippen molar-refractivity contribution in [3.8, 4) is 5.75 Å². The summed E-state index contributed by atoms with van der Waals surface area (Å²) in [5.74, 6) is -0.834. The van der Waals surface area contributed by atoms with Crippen LogP contribution < -0.4 is 14.4 Å². The Morgan fingerprint density at radius 1 is 1.03 bits per heavy atom. The highest BCUT2D eigenvalue weighted by Crippen LogP contribution is 2.32. The monoisotopic (exact) mass is 492 g/mol. The molecular formula is C21H18BrFN2O4S. The number of rotatable bonds is 7. The molecule has 30 heavy (non-hydrogen) atoms. The highest BCUT2D eigenvalue weighted by molar-refractivity contribution is 9.10. The fourth-order valence-corrected chi connectivity index (χ4v) is 4.43. The third-order valence-corrected chi connectivity index (χ3v) is 6.47. The van der Waals surface area contributed by atoms with Crippen LogP contribution in [0.4, 0.5) is 15.8 Å². The molecule has 6 nitrogen and oxygen atoms in total. The van der Waals surface area contributed by atoms with Crippen LogP contribution >= 0.6 is 15.9 Å². The Morgan fingerprint density at radius 2 is 1.67 bits per heavy atom. The van der Waals surface area contributed by atoms with Crippen LogP contribution in [0, 0.1) is 5.82 Å². The number of nitrogens with zero attached hydrogens (tertiary/aromatic N) is 1. The smallest absolute Gasteiger partial charge is 0.264 e. The van der Waals surface area contributed by atoms with E-state index in [1.807, 2.05) is 0 Å². The molecule has 0 spiro atoms. The molecule has 0 bridgehead atoms. The van der Waals surface area contributed by atoms with Gasteiger partial charge in [-0.05, 0) is 60.7 Å². The Kier molecular flexibility index (Phi) is 6.73. The number of sulfonamides is 1. The molecule has 0 saturated carbocycles. The first kappa shape index (κ1) is 21.8. The Bertz CT molecular complexity index is 1140. The van der Waals surface area contributed by atoms with Crippen molar-refractivity contribution in [1.29, 1.82) is 0 Å². The summed E-state index contributed by atoms with van der Waals surface area (Å²) in [4.78, 5) is 12.5. The molecule has 0 heterocycles. The lowest BCUT2D eigenvalue weighted by Crippen LogP contribution is -2.38. The molecule has 3 rings (SSSR count). The molecule has 0 unspecified atom stereocenters. The predicted octanol–water partition coefficient (Wildman–Crippen LogP) is 4.43. The molecule has 0 atom stereocenters. The van der Waals surface area contributed by atoms with Crippen molar-refractivity contribution in [1.82, 2.24) is 0 Å². The summed E-state index contributed by atoms with van der Waals surface area (Å²) >= 11 is 3.31. The summed E-state index contributed by atoms with van der Waals surface area (Å²) in [6, 6.07) is 17.7. The first-order chi connectivity index (χ1) is 14.3. The van der Waals surface area contributed by atoms with Crippen molar-refractivity contribution in [3.63, 3.8) is 0 Å². The fourth-order valence-electron chi connectivity index (χ4n) is 2.73. The number of carbonyl (C=O) groups is 1. The number of anilines is 2. The Morgan fingerprint density at radius 3 is 2.30 bits per heavy atom. The Labute approximate surface area is 182 Å². The van der Waals surface area contributed by atoms with E-state index < -0.39 is 28.3 Å². The average Bonchev–Trinajstić information content (AvgIpc) is 2.74. The standard InChI is InChI=1S/C21H18BrFN2O4S/c1-29-20-5-3-2-4-19(20)25(30(27,28)18-12-8-16(23)9-13-18)14-21(26)24-17-10-6-15(22)7-11-17/h2-13H,14H2,1H3,(H,24,26). The normalized spacial score (nSPS) is 11.0. The zero-order valence-electron chi connectivity index (χ0n) is 15.9. The number of ether oxygens (including phenoxy) is 1. The van der Waals surface area contributed by atoms with Gasteiger partial charge in [-0.2, -0.15) is 0 Å². The van der Waals surface area contributed by atoms with E-state index in [2.05, 4.69) is 21.2 Å². The molecule has 0 aromatic heterocycles. The maximum Gasteiger partial charge on any atom is 0.264 e. The molecule has 0 radical (unpaired) electrons. The maximum absolute atomic E-state index is 13.3. The van der Waals surface area contributed by atoms with Crippen LogP contribution in [0.3, 0.4) is 0 Å². The third-order valence-electron chi connectivity index (χ3n) is 4.17. The molecule has 0 aliphatic carbocycles. The summed E-state index contributed by atoms with van der Waals surface area (Å²) in [7, 11) is -2.77. The summed E-state index contributed by atoms with van der Waals surface area (Å²) in [5.41, 5.74) is 0.706. The summed E-state index contributed by atoms with van der Waals surface area (Å²) in [6.45, 7) is -0.504. The predicted molar refractivity (Wildman–Crippen MR) is 117 cm³/mol. The molecule has 0 fully saturated rings. The van der Waals surface area contributed by atoms with Crippen LogP contribution in [0.2, 0.25) is 0 Å². The molecule has 0 saturated heterocycles. The molecule has 1 N–H and O–H groups in total.